The minimum Gasteiger partial charge on any atom is -0.462 e. The first-order valence-corrected chi connectivity index (χ1v) is 7.68. The fourth-order valence-electron chi connectivity index (χ4n) is 2.33. The summed E-state index contributed by atoms with van der Waals surface area (Å²) in [6.45, 7) is 9.74. The number of carbonyl (C=O) groups is 1. The second kappa shape index (κ2) is 6.43. The van der Waals surface area contributed by atoms with Gasteiger partial charge in [0, 0.05) is 12.7 Å². The van der Waals surface area contributed by atoms with Gasteiger partial charge in [-0.05, 0) is 19.3 Å². The van der Waals surface area contributed by atoms with Gasteiger partial charge in [0.2, 0.25) is 5.82 Å². The molecule has 0 bridgehead atoms. The van der Waals surface area contributed by atoms with Crippen LogP contribution >= 0.6 is 0 Å². The van der Waals surface area contributed by atoms with Crippen molar-refractivity contribution in [3.05, 3.63) is 22.4 Å². The SMILES string of the molecule is CC(C)OC(=O)Cn1c(=O)c2cnc(C#N)nc2n1CC(C)(C)C. The van der Waals surface area contributed by atoms with Gasteiger partial charge in [-0.3, -0.25) is 14.3 Å². The summed E-state index contributed by atoms with van der Waals surface area (Å²) in [5.41, 5.74) is -0.196. The topological polar surface area (TPSA) is 103 Å². The molecule has 0 saturated carbocycles. The van der Waals surface area contributed by atoms with Crippen molar-refractivity contribution >= 4 is 17.0 Å². The van der Waals surface area contributed by atoms with Crippen molar-refractivity contribution in [3.8, 4) is 6.07 Å². The van der Waals surface area contributed by atoms with E-state index in [1.54, 1.807) is 18.5 Å². The Labute approximate surface area is 139 Å². The Morgan fingerprint density at radius 2 is 2.04 bits per heavy atom. The molecule has 128 valence electrons. The number of nitrogens with zero attached hydrogens (tertiary/aromatic N) is 5. The Morgan fingerprint density at radius 3 is 2.58 bits per heavy atom. The van der Waals surface area contributed by atoms with Gasteiger partial charge in [0.1, 0.15) is 18.0 Å². The first kappa shape index (κ1) is 17.7. The third kappa shape index (κ3) is 3.79. The lowest BCUT2D eigenvalue weighted by Crippen LogP contribution is -2.31. The highest BCUT2D eigenvalue weighted by atomic mass is 16.5. The number of fused-ring (bicyclic) bond motifs is 1. The molecule has 8 heteroatoms. The summed E-state index contributed by atoms with van der Waals surface area (Å²) < 4.78 is 8.06. The quantitative estimate of drug-likeness (QED) is 0.786. The van der Waals surface area contributed by atoms with Crippen molar-refractivity contribution < 1.29 is 9.53 Å². The third-order valence-electron chi connectivity index (χ3n) is 3.14. The van der Waals surface area contributed by atoms with Crippen molar-refractivity contribution in [1.82, 2.24) is 19.3 Å². The Bertz CT molecular complexity index is 865. The summed E-state index contributed by atoms with van der Waals surface area (Å²) in [5, 5.41) is 9.27. The molecular weight excluding hydrogens is 310 g/mol. The Kier molecular flexibility index (Phi) is 4.73. The summed E-state index contributed by atoms with van der Waals surface area (Å²) in [7, 11) is 0. The van der Waals surface area contributed by atoms with Crippen LogP contribution < -0.4 is 5.56 Å². The maximum Gasteiger partial charge on any atom is 0.328 e. The number of esters is 1. The number of ether oxygens (including phenoxy) is 1. The largest absolute Gasteiger partial charge is 0.462 e. The average molecular weight is 331 g/mol. The zero-order chi connectivity index (χ0) is 18.1. The highest BCUT2D eigenvalue weighted by molar-refractivity contribution is 5.75. The van der Waals surface area contributed by atoms with Gasteiger partial charge < -0.3 is 4.74 Å². The van der Waals surface area contributed by atoms with E-state index < -0.39 is 5.97 Å². The van der Waals surface area contributed by atoms with Gasteiger partial charge in [0.15, 0.2) is 5.65 Å². The molecule has 0 spiro atoms. The van der Waals surface area contributed by atoms with Crippen molar-refractivity contribution in [2.75, 3.05) is 0 Å². The van der Waals surface area contributed by atoms with Gasteiger partial charge in [0.25, 0.3) is 5.56 Å². The lowest BCUT2D eigenvalue weighted by molar-refractivity contribution is -0.148. The highest BCUT2D eigenvalue weighted by Crippen LogP contribution is 2.19. The Balaban J connectivity index is 2.61. The highest BCUT2D eigenvalue weighted by Gasteiger charge is 2.22. The number of hydrogen-bond donors (Lipinski definition) is 0. The van der Waals surface area contributed by atoms with Gasteiger partial charge >= 0.3 is 5.97 Å². The van der Waals surface area contributed by atoms with Crippen LogP contribution in [0.1, 0.15) is 40.4 Å². The van der Waals surface area contributed by atoms with Crippen LogP contribution in [0.15, 0.2) is 11.0 Å². The molecule has 0 N–H and O–H groups in total. The molecule has 8 nitrogen and oxygen atoms in total. The molecule has 0 unspecified atom stereocenters. The summed E-state index contributed by atoms with van der Waals surface area (Å²) in [6, 6.07) is 1.87. The molecule has 0 atom stereocenters. The fourth-order valence-corrected chi connectivity index (χ4v) is 2.33. The predicted molar refractivity (Wildman–Crippen MR) is 87.2 cm³/mol. The van der Waals surface area contributed by atoms with Crippen LogP contribution in [0.5, 0.6) is 0 Å². The van der Waals surface area contributed by atoms with Crippen molar-refractivity contribution in [2.45, 2.75) is 53.8 Å². The van der Waals surface area contributed by atoms with E-state index in [4.69, 9.17) is 10.00 Å². The Morgan fingerprint density at radius 1 is 1.38 bits per heavy atom. The first-order valence-electron chi connectivity index (χ1n) is 7.68. The molecule has 0 aromatic carbocycles. The molecule has 0 aliphatic carbocycles. The van der Waals surface area contributed by atoms with E-state index in [1.807, 2.05) is 26.8 Å². The fraction of sp³-hybridized carbons (Fsp3) is 0.562. The monoisotopic (exact) mass is 331 g/mol. The van der Waals surface area contributed by atoms with E-state index in [2.05, 4.69) is 9.97 Å². The van der Waals surface area contributed by atoms with Crippen LogP contribution in [0.3, 0.4) is 0 Å². The molecule has 2 heterocycles. The maximum absolute atomic E-state index is 12.6. The average Bonchev–Trinajstić information content (AvgIpc) is 2.70. The van der Waals surface area contributed by atoms with Gasteiger partial charge in [-0.2, -0.15) is 10.2 Å². The number of carbonyl (C=O) groups excluding carboxylic acids is 1. The molecule has 0 saturated heterocycles. The zero-order valence-electron chi connectivity index (χ0n) is 14.5. The molecule has 0 aliphatic rings. The normalized spacial score (nSPS) is 11.7. The molecule has 0 fully saturated rings. The molecule has 0 amide bonds. The van der Waals surface area contributed by atoms with E-state index in [1.165, 1.54) is 10.9 Å². The van der Waals surface area contributed by atoms with E-state index in [0.717, 1.165) is 0 Å². The van der Waals surface area contributed by atoms with Gasteiger partial charge in [0.05, 0.1) is 6.10 Å². The van der Waals surface area contributed by atoms with Gasteiger partial charge in [-0.1, -0.05) is 20.8 Å². The van der Waals surface area contributed by atoms with Crippen LogP contribution in [0.4, 0.5) is 0 Å². The predicted octanol–water partition coefficient (Wildman–Crippen LogP) is 1.46. The van der Waals surface area contributed by atoms with E-state index in [9.17, 15) is 9.59 Å². The number of aromatic nitrogens is 4. The van der Waals surface area contributed by atoms with Crippen LogP contribution in [-0.4, -0.2) is 31.4 Å². The first-order chi connectivity index (χ1) is 11.1. The second-order valence-corrected chi connectivity index (χ2v) is 7.06. The molecule has 24 heavy (non-hydrogen) atoms. The zero-order valence-corrected chi connectivity index (χ0v) is 14.5. The lowest BCUT2D eigenvalue weighted by Gasteiger charge is -2.22. The van der Waals surface area contributed by atoms with Crippen molar-refractivity contribution in [2.24, 2.45) is 5.41 Å². The molecule has 2 rings (SSSR count). The van der Waals surface area contributed by atoms with E-state index in [0.29, 0.717) is 12.2 Å². The summed E-state index contributed by atoms with van der Waals surface area (Å²) in [5.74, 6) is -0.523. The van der Waals surface area contributed by atoms with Gasteiger partial charge in [-0.15, -0.1) is 0 Å². The second-order valence-electron chi connectivity index (χ2n) is 7.06. The molecule has 2 aromatic rings. The van der Waals surface area contributed by atoms with Gasteiger partial charge in [-0.25, -0.2) is 9.67 Å². The number of rotatable bonds is 4. The van der Waals surface area contributed by atoms with Crippen molar-refractivity contribution in [3.63, 3.8) is 0 Å². The standard InChI is InChI=1S/C16H21N5O3/c1-10(2)24-13(22)8-20-15(23)11-7-18-12(6-17)19-14(11)21(20)9-16(3,4)5/h7,10H,8-9H2,1-5H3. The van der Waals surface area contributed by atoms with Crippen molar-refractivity contribution in [1.29, 1.82) is 5.26 Å². The van der Waals surface area contributed by atoms with Crippen LogP contribution in [0.2, 0.25) is 0 Å². The van der Waals surface area contributed by atoms with Crippen LogP contribution in [-0.2, 0) is 22.6 Å². The van der Waals surface area contributed by atoms with Crippen LogP contribution in [0, 0.1) is 16.7 Å². The lowest BCUT2D eigenvalue weighted by atomic mass is 9.97. The molecule has 0 radical (unpaired) electrons. The third-order valence-corrected chi connectivity index (χ3v) is 3.14. The van der Waals surface area contributed by atoms with E-state index >= 15 is 0 Å². The molecular formula is C16H21N5O3. The Hall–Kier alpha value is -2.69. The number of nitriles is 1. The van der Waals surface area contributed by atoms with Crippen LogP contribution in [0.25, 0.3) is 11.0 Å². The summed E-state index contributed by atoms with van der Waals surface area (Å²) in [4.78, 5) is 32.6. The maximum atomic E-state index is 12.6. The summed E-state index contributed by atoms with van der Waals surface area (Å²) >= 11 is 0. The molecule has 0 aliphatic heterocycles. The number of hydrogen-bond acceptors (Lipinski definition) is 6. The smallest absolute Gasteiger partial charge is 0.328 e. The molecule has 2 aromatic heterocycles. The summed E-state index contributed by atoms with van der Waals surface area (Å²) in [6.07, 6.45) is 1.06. The minimum atomic E-state index is -0.501. The minimum absolute atomic E-state index is 0.0212. The van der Waals surface area contributed by atoms with E-state index in [-0.39, 0.29) is 34.8 Å².